The first kappa shape index (κ1) is 18.6. The lowest BCUT2D eigenvalue weighted by Crippen LogP contribution is -1.91. The molecule has 0 unspecified atom stereocenters. The van der Waals surface area contributed by atoms with E-state index in [4.69, 9.17) is 13.7 Å². The van der Waals surface area contributed by atoms with Gasteiger partial charge in [-0.2, -0.15) is 0 Å². The van der Waals surface area contributed by atoms with Crippen LogP contribution in [0.3, 0.4) is 0 Å². The lowest BCUT2D eigenvalue weighted by atomic mass is 9.99. The summed E-state index contributed by atoms with van der Waals surface area (Å²) in [5, 5.41) is 7.04. The Morgan fingerprint density at radius 2 is 1.78 bits per heavy atom. The number of benzene rings is 2. The summed E-state index contributed by atoms with van der Waals surface area (Å²) in [5.41, 5.74) is 7.00. The Kier molecular flexibility index (Phi) is 3.89. The van der Waals surface area contributed by atoms with Crippen molar-refractivity contribution in [3.8, 4) is 28.1 Å². The number of aromatic nitrogens is 4. The second kappa shape index (κ2) is 6.68. The zero-order chi connectivity index (χ0) is 22.0. The van der Waals surface area contributed by atoms with Gasteiger partial charge in [0.15, 0.2) is 0 Å². The van der Waals surface area contributed by atoms with Gasteiger partial charge in [-0.05, 0) is 39.0 Å². The minimum absolute atomic E-state index is 0.733. The number of ether oxygens (including phenoxy) is 1. The third-order valence-corrected chi connectivity index (χ3v) is 6.02. The number of H-pyrrole nitrogens is 1. The molecular formula is C25H20N4O3. The van der Waals surface area contributed by atoms with E-state index < -0.39 is 0 Å². The molecule has 0 amide bonds. The number of nitrogens with one attached hydrogen (secondary N) is 1. The van der Waals surface area contributed by atoms with Crippen LogP contribution in [0, 0.1) is 20.8 Å². The van der Waals surface area contributed by atoms with Crippen molar-refractivity contribution >= 4 is 32.9 Å². The zero-order valence-electron chi connectivity index (χ0n) is 18.1. The van der Waals surface area contributed by atoms with E-state index in [1.54, 1.807) is 13.4 Å². The average molecular weight is 424 g/mol. The third kappa shape index (κ3) is 2.51. The van der Waals surface area contributed by atoms with Gasteiger partial charge < -0.3 is 18.7 Å². The number of aryl methyl sites for hydroxylation is 3. The van der Waals surface area contributed by atoms with Crippen molar-refractivity contribution in [2.24, 2.45) is 0 Å². The van der Waals surface area contributed by atoms with Gasteiger partial charge in [-0.3, -0.25) is 0 Å². The predicted molar refractivity (Wildman–Crippen MR) is 123 cm³/mol. The summed E-state index contributed by atoms with van der Waals surface area (Å²) in [7, 11) is 1.67. The van der Waals surface area contributed by atoms with Gasteiger partial charge in [0.1, 0.15) is 34.8 Å². The van der Waals surface area contributed by atoms with Gasteiger partial charge in [0.05, 0.1) is 35.0 Å². The maximum Gasteiger partial charge on any atom is 0.142 e. The van der Waals surface area contributed by atoms with Crippen molar-refractivity contribution in [1.29, 1.82) is 0 Å². The zero-order valence-corrected chi connectivity index (χ0v) is 18.1. The molecule has 2 aromatic carbocycles. The summed E-state index contributed by atoms with van der Waals surface area (Å²) in [5.74, 6) is 2.30. The van der Waals surface area contributed by atoms with Crippen molar-refractivity contribution < 1.29 is 13.7 Å². The van der Waals surface area contributed by atoms with Crippen LogP contribution in [-0.2, 0) is 0 Å². The van der Waals surface area contributed by atoms with Gasteiger partial charge in [-0.15, -0.1) is 0 Å². The van der Waals surface area contributed by atoms with Crippen LogP contribution in [0.2, 0.25) is 0 Å². The summed E-state index contributed by atoms with van der Waals surface area (Å²) in [6.07, 6.45) is 1.58. The number of methoxy groups -OCH3 is 1. The molecule has 0 radical (unpaired) electrons. The van der Waals surface area contributed by atoms with Gasteiger partial charge in [0.25, 0.3) is 0 Å². The molecule has 0 atom stereocenters. The standard InChI is InChI=1S/C25H20N4O3/c1-12-21(14(3)32-29-12)17-9-18-16(10-20(17)30-4)23-24(26-11-27-25(23)28-18)22-13(2)31-19-8-6-5-7-15(19)22/h5-11H,1-4H3,(H,26,27,28). The lowest BCUT2D eigenvalue weighted by molar-refractivity contribution is 0.393. The van der Waals surface area contributed by atoms with Crippen molar-refractivity contribution in [1.82, 2.24) is 20.1 Å². The van der Waals surface area contributed by atoms with E-state index in [0.717, 1.165) is 78.3 Å². The molecule has 32 heavy (non-hydrogen) atoms. The summed E-state index contributed by atoms with van der Waals surface area (Å²) < 4.78 is 17.2. The summed E-state index contributed by atoms with van der Waals surface area (Å²) in [4.78, 5) is 12.6. The molecule has 6 rings (SSSR count). The highest BCUT2D eigenvalue weighted by molar-refractivity contribution is 6.15. The van der Waals surface area contributed by atoms with Gasteiger partial charge >= 0.3 is 0 Å². The number of fused-ring (bicyclic) bond motifs is 4. The summed E-state index contributed by atoms with van der Waals surface area (Å²) >= 11 is 0. The Bertz CT molecular complexity index is 1640. The largest absolute Gasteiger partial charge is 0.496 e. The molecule has 0 bridgehead atoms. The first-order chi connectivity index (χ1) is 15.6. The Morgan fingerprint density at radius 3 is 2.56 bits per heavy atom. The topological polar surface area (TPSA) is 90.0 Å². The van der Waals surface area contributed by atoms with Crippen LogP contribution >= 0.6 is 0 Å². The number of hydrogen-bond acceptors (Lipinski definition) is 6. The number of rotatable bonds is 3. The molecule has 4 heterocycles. The molecule has 0 aliphatic rings. The van der Waals surface area contributed by atoms with Crippen molar-refractivity contribution in [3.63, 3.8) is 0 Å². The molecule has 1 N–H and O–H groups in total. The van der Waals surface area contributed by atoms with Gasteiger partial charge in [-0.1, -0.05) is 23.4 Å². The van der Waals surface area contributed by atoms with Crippen LogP contribution in [0.25, 0.3) is 55.3 Å². The Morgan fingerprint density at radius 1 is 0.938 bits per heavy atom. The fourth-order valence-corrected chi connectivity index (χ4v) is 4.64. The SMILES string of the molecule is COc1cc2c(cc1-c1c(C)noc1C)[nH]c1ncnc(-c3c(C)oc4ccccc34)c12. The molecule has 4 aromatic heterocycles. The number of hydrogen-bond donors (Lipinski definition) is 1. The van der Waals surface area contributed by atoms with Crippen LogP contribution in [0.5, 0.6) is 5.75 Å². The average Bonchev–Trinajstić information content (AvgIpc) is 3.44. The first-order valence-electron chi connectivity index (χ1n) is 10.3. The minimum atomic E-state index is 0.733. The van der Waals surface area contributed by atoms with Crippen molar-refractivity contribution in [2.75, 3.05) is 7.11 Å². The second-order valence-electron chi connectivity index (χ2n) is 7.90. The Balaban J connectivity index is 1.70. The van der Waals surface area contributed by atoms with Crippen molar-refractivity contribution in [3.05, 3.63) is 59.9 Å². The molecule has 0 aliphatic heterocycles. The Labute approximate surface area is 183 Å². The van der Waals surface area contributed by atoms with Crippen LogP contribution < -0.4 is 4.74 Å². The lowest BCUT2D eigenvalue weighted by Gasteiger charge is -2.09. The molecule has 7 nitrogen and oxygen atoms in total. The second-order valence-corrected chi connectivity index (χ2v) is 7.90. The van der Waals surface area contributed by atoms with E-state index in [0.29, 0.717) is 0 Å². The van der Waals surface area contributed by atoms with E-state index in [9.17, 15) is 0 Å². The van der Waals surface area contributed by atoms with Crippen LogP contribution in [0.4, 0.5) is 0 Å². The first-order valence-corrected chi connectivity index (χ1v) is 10.3. The molecule has 0 aliphatic carbocycles. The highest BCUT2D eigenvalue weighted by Crippen LogP contribution is 2.43. The maximum absolute atomic E-state index is 6.02. The molecule has 158 valence electrons. The Hall–Kier alpha value is -4.13. The van der Waals surface area contributed by atoms with E-state index in [2.05, 4.69) is 32.2 Å². The molecule has 0 fully saturated rings. The van der Waals surface area contributed by atoms with E-state index in [-0.39, 0.29) is 0 Å². The number of para-hydroxylation sites is 1. The predicted octanol–water partition coefficient (Wildman–Crippen LogP) is 6.11. The molecule has 7 heteroatoms. The summed E-state index contributed by atoms with van der Waals surface area (Å²) in [6, 6.07) is 12.1. The third-order valence-electron chi connectivity index (χ3n) is 6.02. The number of nitrogens with zero attached hydrogens (tertiary/aromatic N) is 3. The van der Waals surface area contributed by atoms with Crippen molar-refractivity contribution in [2.45, 2.75) is 20.8 Å². The summed E-state index contributed by atoms with van der Waals surface area (Å²) in [6.45, 7) is 5.80. The molecule has 0 saturated carbocycles. The van der Waals surface area contributed by atoms with Crippen LogP contribution in [0.1, 0.15) is 17.2 Å². The van der Waals surface area contributed by atoms with Gasteiger partial charge in [-0.25, -0.2) is 9.97 Å². The number of aromatic amines is 1. The maximum atomic E-state index is 6.02. The van der Waals surface area contributed by atoms with Crippen LogP contribution in [0.15, 0.2) is 51.7 Å². The normalized spacial score (nSPS) is 11.8. The van der Waals surface area contributed by atoms with Gasteiger partial charge in [0, 0.05) is 21.9 Å². The fourth-order valence-electron chi connectivity index (χ4n) is 4.64. The van der Waals surface area contributed by atoms with Crippen LogP contribution in [-0.4, -0.2) is 27.2 Å². The number of furan rings is 1. The van der Waals surface area contributed by atoms with Gasteiger partial charge in [0.2, 0.25) is 0 Å². The smallest absolute Gasteiger partial charge is 0.142 e. The molecule has 0 saturated heterocycles. The van der Waals surface area contributed by atoms with E-state index in [1.807, 2.05) is 45.0 Å². The van der Waals surface area contributed by atoms with E-state index in [1.165, 1.54) is 0 Å². The van der Waals surface area contributed by atoms with E-state index >= 15 is 0 Å². The highest BCUT2D eigenvalue weighted by Gasteiger charge is 2.22. The molecular weight excluding hydrogens is 404 g/mol. The minimum Gasteiger partial charge on any atom is -0.496 e. The monoisotopic (exact) mass is 424 g/mol. The molecule has 6 aromatic rings. The fraction of sp³-hybridized carbons (Fsp3) is 0.160. The molecule has 0 spiro atoms. The highest BCUT2D eigenvalue weighted by atomic mass is 16.5. The quantitative estimate of drug-likeness (QED) is 0.368.